The predicted molar refractivity (Wildman–Crippen MR) is 64.9 cm³/mol. The molecule has 3 atom stereocenters. The molecule has 1 aliphatic rings. The lowest BCUT2D eigenvalue weighted by Gasteiger charge is -2.33. The van der Waals surface area contributed by atoms with Crippen LogP contribution in [0.5, 0.6) is 0 Å². The molecule has 1 aliphatic carbocycles. The first kappa shape index (κ1) is 11.6. The standard InChI is InChI=1S/C14H20FN/c1-9-3-6-14(16)13(7-9)12-8-11(15)5-4-10(12)2/h4-5,8-9,13-14H,3,6-7,16H2,1-2H3. The van der Waals surface area contributed by atoms with Gasteiger partial charge in [-0.05, 0) is 61.3 Å². The van der Waals surface area contributed by atoms with E-state index in [0.29, 0.717) is 11.8 Å². The number of hydrogen-bond acceptors (Lipinski definition) is 1. The lowest BCUT2D eigenvalue weighted by atomic mass is 9.75. The summed E-state index contributed by atoms with van der Waals surface area (Å²) >= 11 is 0. The molecule has 0 radical (unpaired) electrons. The van der Waals surface area contributed by atoms with Crippen LogP contribution in [-0.4, -0.2) is 6.04 Å². The second-order valence-corrected chi connectivity index (χ2v) is 5.19. The molecule has 3 unspecified atom stereocenters. The molecule has 0 aliphatic heterocycles. The highest BCUT2D eigenvalue weighted by Gasteiger charge is 2.28. The SMILES string of the molecule is Cc1ccc(F)cc1C1CC(C)CCC1N. The molecule has 2 N–H and O–H groups in total. The van der Waals surface area contributed by atoms with Gasteiger partial charge in [0.1, 0.15) is 5.82 Å². The van der Waals surface area contributed by atoms with Crippen molar-refractivity contribution >= 4 is 0 Å². The maximum Gasteiger partial charge on any atom is 0.123 e. The maximum atomic E-state index is 13.3. The van der Waals surface area contributed by atoms with Gasteiger partial charge in [0, 0.05) is 6.04 Å². The predicted octanol–water partition coefficient (Wildman–Crippen LogP) is 3.37. The number of aryl methyl sites for hydroxylation is 1. The summed E-state index contributed by atoms with van der Waals surface area (Å²) in [7, 11) is 0. The Bertz CT molecular complexity index is 375. The van der Waals surface area contributed by atoms with Crippen LogP contribution in [0.3, 0.4) is 0 Å². The van der Waals surface area contributed by atoms with Crippen LogP contribution in [0.15, 0.2) is 18.2 Å². The topological polar surface area (TPSA) is 26.0 Å². The Balaban J connectivity index is 2.30. The summed E-state index contributed by atoms with van der Waals surface area (Å²) in [5, 5.41) is 0. The highest BCUT2D eigenvalue weighted by molar-refractivity contribution is 5.31. The summed E-state index contributed by atoms with van der Waals surface area (Å²) in [6.45, 7) is 4.30. The molecule has 1 aromatic rings. The van der Waals surface area contributed by atoms with Gasteiger partial charge >= 0.3 is 0 Å². The fourth-order valence-electron chi connectivity index (χ4n) is 2.77. The van der Waals surface area contributed by atoms with Crippen LogP contribution in [0.2, 0.25) is 0 Å². The van der Waals surface area contributed by atoms with Gasteiger partial charge in [-0.25, -0.2) is 4.39 Å². The Morgan fingerprint density at radius 1 is 1.31 bits per heavy atom. The fourth-order valence-corrected chi connectivity index (χ4v) is 2.77. The fraction of sp³-hybridized carbons (Fsp3) is 0.571. The number of halogens is 1. The molecule has 1 nitrogen and oxygen atoms in total. The Morgan fingerprint density at radius 3 is 2.81 bits per heavy atom. The quantitative estimate of drug-likeness (QED) is 0.773. The van der Waals surface area contributed by atoms with Gasteiger partial charge in [0.15, 0.2) is 0 Å². The van der Waals surface area contributed by atoms with Gasteiger partial charge in [0.25, 0.3) is 0 Å². The molecule has 1 saturated carbocycles. The van der Waals surface area contributed by atoms with E-state index < -0.39 is 0 Å². The summed E-state index contributed by atoms with van der Waals surface area (Å²) in [6.07, 6.45) is 3.35. The first-order valence-electron chi connectivity index (χ1n) is 6.09. The number of benzene rings is 1. The third kappa shape index (κ3) is 2.27. The lowest BCUT2D eigenvalue weighted by molar-refractivity contribution is 0.305. The van der Waals surface area contributed by atoms with E-state index in [1.165, 1.54) is 12.5 Å². The Hall–Kier alpha value is -0.890. The minimum Gasteiger partial charge on any atom is -0.327 e. The molecule has 16 heavy (non-hydrogen) atoms. The molecule has 1 aromatic carbocycles. The maximum absolute atomic E-state index is 13.3. The summed E-state index contributed by atoms with van der Waals surface area (Å²) < 4.78 is 13.3. The van der Waals surface area contributed by atoms with Crippen LogP contribution in [0.25, 0.3) is 0 Å². The minimum absolute atomic E-state index is 0.147. The Labute approximate surface area is 96.9 Å². The summed E-state index contributed by atoms with van der Waals surface area (Å²) in [5.74, 6) is 0.887. The van der Waals surface area contributed by atoms with Crippen LogP contribution in [0, 0.1) is 18.7 Å². The Kier molecular flexibility index (Phi) is 3.29. The van der Waals surface area contributed by atoms with Gasteiger partial charge in [-0.1, -0.05) is 13.0 Å². The van der Waals surface area contributed by atoms with Crippen molar-refractivity contribution in [2.24, 2.45) is 11.7 Å². The van der Waals surface area contributed by atoms with E-state index in [9.17, 15) is 4.39 Å². The highest BCUT2D eigenvalue weighted by atomic mass is 19.1. The molecule has 0 bridgehead atoms. The molecule has 0 saturated heterocycles. The molecule has 0 aromatic heterocycles. The van der Waals surface area contributed by atoms with Crippen molar-refractivity contribution in [2.75, 3.05) is 0 Å². The largest absolute Gasteiger partial charge is 0.327 e. The molecule has 2 rings (SSSR count). The molecule has 0 amide bonds. The zero-order valence-corrected chi connectivity index (χ0v) is 10.0. The molecular formula is C14H20FN. The molecular weight excluding hydrogens is 201 g/mol. The van der Waals surface area contributed by atoms with Crippen LogP contribution in [-0.2, 0) is 0 Å². The van der Waals surface area contributed by atoms with Gasteiger partial charge in [0.2, 0.25) is 0 Å². The molecule has 2 heteroatoms. The zero-order valence-electron chi connectivity index (χ0n) is 10.0. The van der Waals surface area contributed by atoms with Crippen LogP contribution >= 0.6 is 0 Å². The van der Waals surface area contributed by atoms with E-state index in [0.717, 1.165) is 24.0 Å². The van der Waals surface area contributed by atoms with Crippen LogP contribution < -0.4 is 5.73 Å². The third-order valence-corrected chi connectivity index (χ3v) is 3.81. The van der Waals surface area contributed by atoms with Gasteiger partial charge in [-0.15, -0.1) is 0 Å². The number of rotatable bonds is 1. The van der Waals surface area contributed by atoms with Crippen molar-refractivity contribution in [3.8, 4) is 0 Å². The minimum atomic E-state index is -0.147. The van der Waals surface area contributed by atoms with Crippen molar-refractivity contribution in [1.82, 2.24) is 0 Å². The lowest BCUT2D eigenvalue weighted by Crippen LogP contribution is -2.34. The van der Waals surface area contributed by atoms with Crippen LogP contribution in [0.1, 0.15) is 43.2 Å². The molecule has 88 valence electrons. The van der Waals surface area contributed by atoms with Crippen molar-refractivity contribution in [3.05, 3.63) is 35.1 Å². The van der Waals surface area contributed by atoms with Gasteiger partial charge in [0.05, 0.1) is 0 Å². The van der Waals surface area contributed by atoms with Gasteiger partial charge in [-0.2, -0.15) is 0 Å². The molecule has 1 fully saturated rings. The molecule has 0 spiro atoms. The third-order valence-electron chi connectivity index (χ3n) is 3.81. The van der Waals surface area contributed by atoms with E-state index in [2.05, 4.69) is 6.92 Å². The number of nitrogens with two attached hydrogens (primary N) is 1. The van der Waals surface area contributed by atoms with E-state index >= 15 is 0 Å². The van der Waals surface area contributed by atoms with Gasteiger partial charge in [-0.3, -0.25) is 0 Å². The normalized spacial score (nSPS) is 30.4. The summed E-state index contributed by atoms with van der Waals surface area (Å²) in [4.78, 5) is 0. The monoisotopic (exact) mass is 221 g/mol. The summed E-state index contributed by atoms with van der Waals surface area (Å²) in [6, 6.07) is 5.24. The number of hydrogen-bond donors (Lipinski definition) is 1. The van der Waals surface area contributed by atoms with Crippen molar-refractivity contribution < 1.29 is 4.39 Å². The second kappa shape index (κ2) is 4.54. The van der Waals surface area contributed by atoms with Crippen molar-refractivity contribution in [1.29, 1.82) is 0 Å². The van der Waals surface area contributed by atoms with E-state index in [4.69, 9.17) is 5.73 Å². The summed E-state index contributed by atoms with van der Waals surface area (Å²) in [5.41, 5.74) is 8.44. The highest BCUT2D eigenvalue weighted by Crippen LogP contribution is 2.36. The Morgan fingerprint density at radius 2 is 2.06 bits per heavy atom. The van der Waals surface area contributed by atoms with E-state index in [1.807, 2.05) is 13.0 Å². The first-order valence-corrected chi connectivity index (χ1v) is 6.09. The zero-order chi connectivity index (χ0) is 11.7. The average Bonchev–Trinajstić information content (AvgIpc) is 2.25. The van der Waals surface area contributed by atoms with Crippen molar-refractivity contribution in [2.45, 2.75) is 45.1 Å². The second-order valence-electron chi connectivity index (χ2n) is 5.19. The van der Waals surface area contributed by atoms with Crippen LogP contribution in [0.4, 0.5) is 4.39 Å². The van der Waals surface area contributed by atoms with Gasteiger partial charge < -0.3 is 5.73 Å². The first-order chi connectivity index (χ1) is 7.58. The van der Waals surface area contributed by atoms with E-state index in [1.54, 1.807) is 6.07 Å². The van der Waals surface area contributed by atoms with E-state index in [-0.39, 0.29) is 11.9 Å². The van der Waals surface area contributed by atoms with Crippen molar-refractivity contribution in [3.63, 3.8) is 0 Å². The molecule has 0 heterocycles. The smallest absolute Gasteiger partial charge is 0.123 e. The average molecular weight is 221 g/mol.